The van der Waals surface area contributed by atoms with Crippen molar-refractivity contribution in [1.82, 2.24) is 10.6 Å². The van der Waals surface area contributed by atoms with Crippen molar-refractivity contribution in [2.75, 3.05) is 0 Å². The second-order valence-electron chi connectivity index (χ2n) is 7.97. The first-order valence-corrected chi connectivity index (χ1v) is 9.84. The van der Waals surface area contributed by atoms with Gasteiger partial charge in [0, 0.05) is 6.42 Å². The van der Waals surface area contributed by atoms with Gasteiger partial charge in [0.1, 0.15) is 11.6 Å². The normalized spacial score (nSPS) is 12.1. The van der Waals surface area contributed by atoms with E-state index in [1.165, 1.54) is 0 Å². The van der Waals surface area contributed by atoms with Gasteiger partial charge in [-0.3, -0.25) is 9.59 Å². The second-order valence-corrected chi connectivity index (χ2v) is 7.97. The SMILES string of the molecule is CC(C)(C)OC(=O)N[C@H](CCC(N)=O)C(=O)NC(c1ccccc1)c1ccccc1. The van der Waals surface area contributed by atoms with Gasteiger partial charge in [0.2, 0.25) is 11.8 Å². The Morgan fingerprint density at radius 3 is 1.83 bits per heavy atom. The fraction of sp³-hybridized carbons (Fsp3) is 0.348. The van der Waals surface area contributed by atoms with E-state index in [0.717, 1.165) is 11.1 Å². The summed E-state index contributed by atoms with van der Waals surface area (Å²) in [5, 5.41) is 5.54. The van der Waals surface area contributed by atoms with Gasteiger partial charge >= 0.3 is 6.09 Å². The van der Waals surface area contributed by atoms with Crippen LogP contribution in [0.15, 0.2) is 60.7 Å². The molecule has 0 aliphatic heterocycles. The van der Waals surface area contributed by atoms with Gasteiger partial charge < -0.3 is 21.1 Å². The monoisotopic (exact) mass is 411 g/mol. The van der Waals surface area contributed by atoms with Crippen LogP contribution in [0.2, 0.25) is 0 Å². The molecule has 7 nitrogen and oxygen atoms in total. The Bertz CT molecular complexity index is 808. The molecule has 0 aliphatic rings. The maximum atomic E-state index is 13.1. The molecule has 0 aliphatic carbocycles. The molecular weight excluding hydrogens is 382 g/mol. The fourth-order valence-corrected chi connectivity index (χ4v) is 2.90. The third kappa shape index (κ3) is 7.58. The van der Waals surface area contributed by atoms with Gasteiger partial charge in [0.15, 0.2) is 0 Å². The lowest BCUT2D eigenvalue weighted by atomic mass is 9.98. The minimum atomic E-state index is -0.970. The largest absolute Gasteiger partial charge is 0.444 e. The number of primary amides is 1. The molecule has 2 aromatic carbocycles. The minimum Gasteiger partial charge on any atom is -0.444 e. The summed E-state index contributed by atoms with van der Waals surface area (Å²) in [6.07, 6.45) is -0.713. The van der Waals surface area contributed by atoms with Crippen molar-refractivity contribution in [1.29, 1.82) is 0 Å². The molecule has 0 fully saturated rings. The number of benzene rings is 2. The van der Waals surface area contributed by atoms with Crippen molar-refractivity contribution in [3.8, 4) is 0 Å². The summed E-state index contributed by atoms with van der Waals surface area (Å²) in [6, 6.07) is 17.6. The molecule has 0 unspecified atom stereocenters. The van der Waals surface area contributed by atoms with E-state index in [-0.39, 0.29) is 12.8 Å². The van der Waals surface area contributed by atoms with Gasteiger partial charge in [-0.2, -0.15) is 0 Å². The summed E-state index contributed by atoms with van der Waals surface area (Å²) in [5.41, 5.74) is 6.31. The van der Waals surface area contributed by atoms with Crippen LogP contribution in [0.3, 0.4) is 0 Å². The highest BCUT2D eigenvalue weighted by molar-refractivity contribution is 5.87. The van der Waals surface area contributed by atoms with Crippen molar-refractivity contribution < 1.29 is 19.1 Å². The number of amides is 3. The zero-order valence-electron chi connectivity index (χ0n) is 17.6. The highest BCUT2D eigenvalue weighted by Crippen LogP contribution is 2.22. The lowest BCUT2D eigenvalue weighted by molar-refractivity contribution is -0.124. The summed E-state index contributed by atoms with van der Waals surface area (Å²) in [7, 11) is 0. The summed E-state index contributed by atoms with van der Waals surface area (Å²) in [5.74, 6) is -0.985. The van der Waals surface area contributed by atoms with Gasteiger partial charge in [-0.1, -0.05) is 60.7 Å². The maximum Gasteiger partial charge on any atom is 0.408 e. The zero-order valence-corrected chi connectivity index (χ0v) is 17.6. The first-order valence-electron chi connectivity index (χ1n) is 9.84. The molecule has 0 heterocycles. The molecule has 2 rings (SSSR count). The number of alkyl carbamates (subject to hydrolysis) is 1. The standard InChI is InChI=1S/C23H29N3O4/c1-23(2,3)30-22(29)25-18(14-15-19(24)27)21(28)26-20(16-10-6-4-7-11-16)17-12-8-5-9-13-17/h4-13,18,20H,14-15H2,1-3H3,(H2,24,27)(H,25,29)(H,26,28)/t18-/m1/s1. The number of ether oxygens (including phenoxy) is 1. The highest BCUT2D eigenvalue weighted by Gasteiger charge is 2.27. The highest BCUT2D eigenvalue weighted by atomic mass is 16.6. The van der Waals surface area contributed by atoms with Crippen molar-refractivity contribution >= 4 is 17.9 Å². The number of rotatable bonds is 8. The van der Waals surface area contributed by atoms with Crippen LogP contribution < -0.4 is 16.4 Å². The van der Waals surface area contributed by atoms with Crippen LogP contribution in [0.4, 0.5) is 4.79 Å². The molecule has 0 saturated heterocycles. The molecular formula is C23H29N3O4. The molecule has 30 heavy (non-hydrogen) atoms. The molecule has 3 amide bonds. The molecule has 0 bridgehead atoms. The molecule has 160 valence electrons. The van der Waals surface area contributed by atoms with Crippen molar-refractivity contribution in [2.24, 2.45) is 5.73 Å². The lowest BCUT2D eigenvalue weighted by Gasteiger charge is -2.26. The van der Waals surface area contributed by atoms with E-state index in [1.807, 2.05) is 60.7 Å². The van der Waals surface area contributed by atoms with Crippen LogP contribution in [0, 0.1) is 0 Å². The van der Waals surface area contributed by atoms with E-state index >= 15 is 0 Å². The van der Waals surface area contributed by atoms with Gasteiger partial charge in [0.25, 0.3) is 0 Å². The Morgan fingerprint density at radius 2 is 1.40 bits per heavy atom. The van der Waals surface area contributed by atoms with Crippen molar-refractivity contribution in [2.45, 2.75) is 51.3 Å². The van der Waals surface area contributed by atoms with E-state index in [4.69, 9.17) is 10.5 Å². The third-order valence-corrected chi connectivity index (χ3v) is 4.24. The Labute approximate surface area is 177 Å². The van der Waals surface area contributed by atoms with Crippen LogP contribution in [0.5, 0.6) is 0 Å². The van der Waals surface area contributed by atoms with Gasteiger partial charge in [-0.25, -0.2) is 4.79 Å². The minimum absolute atomic E-state index is 0.0464. The zero-order chi connectivity index (χ0) is 22.1. The van der Waals surface area contributed by atoms with E-state index in [9.17, 15) is 14.4 Å². The fourth-order valence-electron chi connectivity index (χ4n) is 2.90. The van der Waals surface area contributed by atoms with Gasteiger partial charge in [-0.15, -0.1) is 0 Å². The van der Waals surface area contributed by atoms with Gasteiger partial charge in [-0.05, 0) is 38.3 Å². The molecule has 4 N–H and O–H groups in total. The third-order valence-electron chi connectivity index (χ3n) is 4.24. The number of hydrogen-bond donors (Lipinski definition) is 3. The van der Waals surface area contributed by atoms with Crippen LogP contribution in [-0.2, 0) is 14.3 Å². The Kier molecular flexibility index (Phi) is 7.98. The smallest absolute Gasteiger partial charge is 0.408 e. The van der Waals surface area contributed by atoms with Crippen LogP contribution in [-0.4, -0.2) is 29.6 Å². The van der Waals surface area contributed by atoms with Crippen LogP contribution >= 0.6 is 0 Å². The van der Waals surface area contributed by atoms with E-state index < -0.39 is 35.6 Å². The Hall–Kier alpha value is -3.35. The van der Waals surface area contributed by atoms with Crippen molar-refractivity contribution in [3.05, 3.63) is 71.8 Å². The van der Waals surface area contributed by atoms with E-state index in [0.29, 0.717) is 0 Å². The average Bonchev–Trinajstić information content (AvgIpc) is 2.69. The van der Waals surface area contributed by atoms with Crippen LogP contribution in [0.1, 0.15) is 50.8 Å². The Balaban J connectivity index is 2.23. The first kappa shape index (κ1) is 22.9. The van der Waals surface area contributed by atoms with Crippen LogP contribution in [0.25, 0.3) is 0 Å². The number of carbonyl (C=O) groups is 3. The molecule has 0 saturated carbocycles. The predicted molar refractivity (Wildman–Crippen MR) is 114 cm³/mol. The topological polar surface area (TPSA) is 111 Å². The number of nitrogens with two attached hydrogens (primary N) is 1. The molecule has 0 aromatic heterocycles. The summed E-state index contributed by atoms with van der Waals surface area (Å²) < 4.78 is 5.25. The first-order chi connectivity index (χ1) is 14.2. The van der Waals surface area contributed by atoms with E-state index in [2.05, 4.69) is 10.6 Å². The lowest BCUT2D eigenvalue weighted by Crippen LogP contribution is -2.49. The average molecular weight is 412 g/mol. The molecule has 1 atom stereocenters. The molecule has 0 spiro atoms. The quantitative estimate of drug-likeness (QED) is 0.620. The van der Waals surface area contributed by atoms with Crippen molar-refractivity contribution in [3.63, 3.8) is 0 Å². The summed E-state index contributed by atoms with van der Waals surface area (Å²) in [4.78, 5) is 36.5. The number of carbonyl (C=O) groups excluding carboxylic acids is 3. The second kappa shape index (κ2) is 10.4. The molecule has 0 radical (unpaired) electrons. The number of hydrogen-bond acceptors (Lipinski definition) is 4. The Morgan fingerprint density at radius 1 is 0.900 bits per heavy atom. The summed E-state index contributed by atoms with van der Waals surface area (Å²) in [6.45, 7) is 5.18. The summed E-state index contributed by atoms with van der Waals surface area (Å²) >= 11 is 0. The van der Waals surface area contributed by atoms with E-state index in [1.54, 1.807) is 20.8 Å². The molecule has 7 heteroatoms. The van der Waals surface area contributed by atoms with Gasteiger partial charge in [0.05, 0.1) is 6.04 Å². The predicted octanol–water partition coefficient (Wildman–Crippen LogP) is 3.05. The number of nitrogens with one attached hydrogen (secondary N) is 2. The maximum absolute atomic E-state index is 13.1. The molecule has 2 aromatic rings.